The van der Waals surface area contributed by atoms with Gasteiger partial charge in [0, 0.05) is 17.5 Å². The average molecular weight is 440 g/mol. The number of unbranched alkanes of at least 4 members (excludes halogenated alkanes) is 2. The second-order valence-electron chi connectivity index (χ2n) is 8.46. The second kappa shape index (κ2) is 10.3. The molecule has 2 aromatic carbocycles. The first-order chi connectivity index (χ1) is 15.1. The summed E-state index contributed by atoms with van der Waals surface area (Å²) in [6.07, 6.45) is 9.99. The minimum Gasteiger partial charge on any atom is -0.320 e. The molecule has 4 rings (SSSR count). The maximum absolute atomic E-state index is 13.3. The third-order valence-electron chi connectivity index (χ3n) is 6.19. The number of benzene rings is 2. The molecule has 6 heteroatoms. The van der Waals surface area contributed by atoms with Gasteiger partial charge in [0.05, 0.1) is 22.6 Å². The quantitative estimate of drug-likeness (QED) is 0.516. The lowest BCUT2D eigenvalue weighted by molar-refractivity contribution is -0.118. The van der Waals surface area contributed by atoms with Gasteiger partial charge >= 0.3 is 0 Å². The molecule has 31 heavy (non-hydrogen) atoms. The molecule has 1 saturated carbocycles. The number of anilines is 3. The Hall–Kier alpha value is -2.37. The van der Waals surface area contributed by atoms with Crippen LogP contribution in [0.2, 0.25) is 5.02 Å². The first kappa shape index (κ1) is 21.8. The van der Waals surface area contributed by atoms with Crippen molar-refractivity contribution < 1.29 is 9.59 Å². The van der Waals surface area contributed by atoms with Crippen molar-refractivity contribution >= 4 is 40.5 Å². The lowest BCUT2D eigenvalue weighted by Gasteiger charge is -2.24. The van der Waals surface area contributed by atoms with Gasteiger partial charge in [0.15, 0.2) is 0 Å². The van der Waals surface area contributed by atoms with Crippen molar-refractivity contribution in [2.75, 3.05) is 16.8 Å². The van der Waals surface area contributed by atoms with Crippen LogP contribution in [0.4, 0.5) is 17.1 Å². The number of rotatable bonds is 7. The fourth-order valence-electron chi connectivity index (χ4n) is 4.55. The van der Waals surface area contributed by atoms with Gasteiger partial charge in [-0.05, 0) is 62.6 Å². The van der Waals surface area contributed by atoms with E-state index in [0.29, 0.717) is 40.1 Å². The van der Waals surface area contributed by atoms with E-state index in [1.54, 1.807) is 29.2 Å². The number of carbonyl (C=O) groups is 2. The molecule has 2 N–H and O–H groups in total. The topological polar surface area (TPSA) is 61.4 Å². The molecule has 1 fully saturated rings. The molecule has 0 bridgehead atoms. The molecule has 0 aromatic heterocycles. The van der Waals surface area contributed by atoms with Crippen LogP contribution in [0.3, 0.4) is 0 Å². The van der Waals surface area contributed by atoms with Crippen molar-refractivity contribution in [3.63, 3.8) is 0 Å². The Bertz CT molecular complexity index is 940. The monoisotopic (exact) mass is 439 g/mol. The van der Waals surface area contributed by atoms with Crippen LogP contribution in [0.15, 0.2) is 42.5 Å². The van der Waals surface area contributed by atoms with E-state index < -0.39 is 0 Å². The van der Waals surface area contributed by atoms with E-state index in [1.165, 1.54) is 32.1 Å². The molecule has 0 radical (unpaired) electrons. The lowest BCUT2D eigenvalue weighted by atomic mass is 9.95. The first-order valence-electron chi connectivity index (χ1n) is 11.4. The summed E-state index contributed by atoms with van der Waals surface area (Å²) < 4.78 is 0. The molecular weight excluding hydrogens is 410 g/mol. The van der Waals surface area contributed by atoms with E-state index >= 15 is 0 Å². The maximum atomic E-state index is 13.3. The van der Waals surface area contributed by atoms with E-state index in [9.17, 15) is 9.59 Å². The highest BCUT2D eigenvalue weighted by Crippen LogP contribution is 2.39. The normalized spacial score (nSPS) is 16.3. The lowest BCUT2D eigenvalue weighted by Crippen LogP contribution is -2.31. The van der Waals surface area contributed by atoms with Crippen molar-refractivity contribution in [3.05, 3.63) is 53.1 Å². The van der Waals surface area contributed by atoms with Crippen LogP contribution in [0.25, 0.3) is 0 Å². The van der Waals surface area contributed by atoms with E-state index in [2.05, 4.69) is 10.6 Å². The van der Waals surface area contributed by atoms with Crippen molar-refractivity contribution in [2.24, 2.45) is 0 Å². The van der Waals surface area contributed by atoms with Gasteiger partial charge in [0.1, 0.15) is 0 Å². The third-order valence-corrected chi connectivity index (χ3v) is 6.43. The first-order valence-corrected chi connectivity index (χ1v) is 11.8. The Morgan fingerprint density at radius 3 is 2.68 bits per heavy atom. The van der Waals surface area contributed by atoms with Crippen LogP contribution in [0.5, 0.6) is 0 Å². The van der Waals surface area contributed by atoms with Crippen LogP contribution < -0.4 is 15.5 Å². The summed E-state index contributed by atoms with van der Waals surface area (Å²) in [6, 6.07) is 13.1. The second-order valence-corrected chi connectivity index (χ2v) is 8.90. The molecule has 1 aliphatic heterocycles. The minimum absolute atomic E-state index is 0.00670. The molecule has 2 amide bonds. The summed E-state index contributed by atoms with van der Waals surface area (Å²) in [6.45, 7) is 1.02. The van der Waals surface area contributed by atoms with Crippen molar-refractivity contribution in [1.82, 2.24) is 5.32 Å². The fraction of sp³-hybridized carbons (Fsp3) is 0.440. The Morgan fingerprint density at radius 1 is 1.03 bits per heavy atom. The molecular formula is C25H30ClN3O2. The van der Waals surface area contributed by atoms with E-state index in [-0.39, 0.29) is 11.8 Å². The van der Waals surface area contributed by atoms with Crippen molar-refractivity contribution in [3.8, 4) is 0 Å². The van der Waals surface area contributed by atoms with Crippen LogP contribution in [-0.2, 0) is 4.79 Å². The standard InChI is InChI=1S/C25H30ClN3O2/c26-18-14-15-23-21(17-18)28-25(31)20-11-6-7-12-22(20)29(23)24(30)13-5-2-8-16-27-19-9-3-1-4-10-19/h6-7,11-12,14-15,17,19,27H,1-5,8-10,13,16H2,(H,28,31). The van der Waals surface area contributed by atoms with Crippen LogP contribution in [0.1, 0.15) is 68.1 Å². The molecule has 164 valence electrons. The van der Waals surface area contributed by atoms with Gasteiger partial charge in [-0.15, -0.1) is 0 Å². The summed E-state index contributed by atoms with van der Waals surface area (Å²) in [5.74, 6) is -0.240. The summed E-state index contributed by atoms with van der Waals surface area (Å²) in [5, 5.41) is 7.07. The summed E-state index contributed by atoms with van der Waals surface area (Å²) >= 11 is 6.14. The number of fused-ring (bicyclic) bond motifs is 2. The number of hydrogen-bond donors (Lipinski definition) is 2. The molecule has 2 aliphatic rings. The zero-order valence-electron chi connectivity index (χ0n) is 17.8. The van der Waals surface area contributed by atoms with Gasteiger partial charge in [-0.25, -0.2) is 0 Å². The van der Waals surface area contributed by atoms with Crippen molar-refractivity contribution in [1.29, 1.82) is 0 Å². The molecule has 0 saturated heterocycles. The number of carbonyl (C=O) groups excluding carboxylic acids is 2. The third kappa shape index (κ3) is 5.28. The Labute approximate surface area is 189 Å². The molecule has 0 atom stereocenters. The van der Waals surface area contributed by atoms with Gasteiger partial charge in [-0.2, -0.15) is 0 Å². The minimum atomic E-state index is -0.233. The fourth-order valence-corrected chi connectivity index (χ4v) is 4.73. The largest absolute Gasteiger partial charge is 0.320 e. The SMILES string of the molecule is O=C1Nc2cc(Cl)ccc2N(C(=O)CCCCCNC2CCCCC2)c2ccccc21. The van der Waals surface area contributed by atoms with E-state index in [4.69, 9.17) is 11.6 Å². The predicted octanol–water partition coefficient (Wildman–Crippen LogP) is 6.05. The highest BCUT2D eigenvalue weighted by atomic mass is 35.5. The highest BCUT2D eigenvalue weighted by Gasteiger charge is 2.29. The highest BCUT2D eigenvalue weighted by molar-refractivity contribution is 6.31. The Balaban J connectivity index is 1.40. The molecule has 2 aromatic rings. The summed E-state index contributed by atoms with van der Waals surface area (Å²) in [4.78, 5) is 27.7. The number of amides is 2. The van der Waals surface area contributed by atoms with Crippen molar-refractivity contribution in [2.45, 2.75) is 63.8 Å². The zero-order valence-corrected chi connectivity index (χ0v) is 18.6. The van der Waals surface area contributed by atoms with Crippen LogP contribution in [0, 0.1) is 0 Å². The molecule has 1 aliphatic carbocycles. The number of para-hydroxylation sites is 1. The molecule has 0 spiro atoms. The van der Waals surface area contributed by atoms with Crippen LogP contribution >= 0.6 is 11.6 Å². The molecule has 0 unspecified atom stereocenters. The van der Waals surface area contributed by atoms with Gasteiger partial charge in [0.2, 0.25) is 5.91 Å². The average Bonchev–Trinajstić information content (AvgIpc) is 2.90. The van der Waals surface area contributed by atoms with Gasteiger partial charge in [0.25, 0.3) is 5.91 Å². The number of nitrogens with zero attached hydrogens (tertiary/aromatic N) is 1. The molecule has 1 heterocycles. The van der Waals surface area contributed by atoms with Gasteiger partial charge in [-0.1, -0.05) is 49.4 Å². The summed E-state index contributed by atoms with van der Waals surface area (Å²) in [5.41, 5.74) is 2.32. The smallest absolute Gasteiger partial charge is 0.257 e. The molecule has 5 nitrogen and oxygen atoms in total. The number of hydrogen-bond acceptors (Lipinski definition) is 3. The van der Waals surface area contributed by atoms with E-state index in [0.717, 1.165) is 25.8 Å². The van der Waals surface area contributed by atoms with Crippen LogP contribution in [-0.4, -0.2) is 24.4 Å². The maximum Gasteiger partial charge on any atom is 0.257 e. The Morgan fingerprint density at radius 2 is 1.84 bits per heavy atom. The van der Waals surface area contributed by atoms with E-state index in [1.807, 2.05) is 18.2 Å². The van der Waals surface area contributed by atoms with Gasteiger partial charge in [-0.3, -0.25) is 14.5 Å². The number of nitrogens with one attached hydrogen (secondary N) is 2. The van der Waals surface area contributed by atoms with Gasteiger partial charge < -0.3 is 10.6 Å². The predicted molar refractivity (Wildman–Crippen MR) is 126 cm³/mol. The summed E-state index contributed by atoms with van der Waals surface area (Å²) in [7, 11) is 0. The zero-order chi connectivity index (χ0) is 21.6. The Kier molecular flexibility index (Phi) is 7.25. The number of halogens is 1.